The summed E-state index contributed by atoms with van der Waals surface area (Å²) >= 11 is 0. The summed E-state index contributed by atoms with van der Waals surface area (Å²) in [7, 11) is 0. The molecule has 1 aromatic heterocycles. The molecule has 1 unspecified atom stereocenters. The van der Waals surface area contributed by atoms with Crippen LogP contribution in [0.25, 0.3) is 0 Å². The van der Waals surface area contributed by atoms with Crippen molar-refractivity contribution in [3.63, 3.8) is 0 Å². The SMILES string of the molecule is Cc1ccc(N)c(NCCC2CCCCO2)n1. The highest BCUT2D eigenvalue weighted by Gasteiger charge is 2.13. The van der Waals surface area contributed by atoms with E-state index in [-0.39, 0.29) is 0 Å². The summed E-state index contributed by atoms with van der Waals surface area (Å²) < 4.78 is 5.68. The second-order valence-corrected chi connectivity index (χ2v) is 4.59. The molecular weight excluding hydrogens is 214 g/mol. The molecule has 1 aromatic rings. The summed E-state index contributed by atoms with van der Waals surface area (Å²) in [6.45, 7) is 3.75. The molecule has 0 aromatic carbocycles. The molecule has 3 N–H and O–H groups in total. The van der Waals surface area contributed by atoms with Crippen molar-refractivity contribution >= 4 is 11.5 Å². The second-order valence-electron chi connectivity index (χ2n) is 4.59. The lowest BCUT2D eigenvalue weighted by Crippen LogP contribution is -2.22. The van der Waals surface area contributed by atoms with Crippen LogP contribution in [0.1, 0.15) is 31.4 Å². The molecule has 2 heterocycles. The lowest BCUT2D eigenvalue weighted by molar-refractivity contribution is 0.0134. The summed E-state index contributed by atoms with van der Waals surface area (Å²) in [6, 6.07) is 3.81. The molecule has 1 saturated heterocycles. The van der Waals surface area contributed by atoms with Crippen molar-refractivity contribution in [3.8, 4) is 0 Å². The quantitative estimate of drug-likeness (QED) is 0.841. The van der Waals surface area contributed by atoms with Gasteiger partial charge in [-0.15, -0.1) is 0 Å². The number of nitrogens with one attached hydrogen (secondary N) is 1. The van der Waals surface area contributed by atoms with Crippen molar-refractivity contribution in [1.82, 2.24) is 4.98 Å². The van der Waals surface area contributed by atoms with Gasteiger partial charge in [0, 0.05) is 18.8 Å². The third kappa shape index (κ3) is 3.60. The molecule has 94 valence electrons. The van der Waals surface area contributed by atoms with Crippen molar-refractivity contribution in [2.24, 2.45) is 0 Å². The average Bonchev–Trinajstić information content (AvgIpc) is 2.35. The minimum atomic E-state index is 0.405. The number of hydrogen-bond acceptors (Lipinski definition) is 4. The van der Waals surface area contributed by atoms with Crippen molar-refractivity contribution in [1.29, 1.82) is 0 Å². The van der Waals surface area contributed by atoms with Gasteiger partial charge in [0.05, 0.1) is 11.8 Å². The summed E-state index contributed by atoms with van der Waals surface area (Å²) in [5.74, 6) is 0.792. The van der Waals surface area contributed by atoms with Crippen LogP contribution in [0.2, 0.25) is 0 Å². The molecule has 4 nitrogen and oxygen atoms in total. The Kier molecular flexibility index (Phi) is 4.20. The first-order valence-corrected chi connectivity index (χ1v) is 6.34. The number of aromatic nitrogens is 1. The predicted molar refractivity (Wildman–Crippen MR) is 70.1 cm³/mol. The van der Waals surface area contributed by atoms with E-state index in [0.717, 1.165) is 31.1 Å². The first-order valence-electron chi connectivity index (χ1n) is 6.34. The van der Waals surface area contributed by atoms with Gasteiger partial charge in [0.1, 0.15) is 5.82 Å². The predicted octanol–water partition coefficient (Wildman–Crippen LogP) is 2.34. The second kappa shape index (κ2) is 5.87. The number of aryl methyl sites for hydroxylation is 1. The van der Waals surface area contributed by atoms with Crippen LogP contribution < -0.4 is 11.1 Å². The van der Waals surface area contributed by atoms with Crippen LogP contribution in [0.3, 0.4) is 0 Å². The summed E-state index contributed by atoms with van der Waals surface area (Å²) in [5.41, 5.74) is 7.54. The van der Waals surface area contributed by atoms with E-state index < -0.39 is 0 Å². The van der Waals surface area contributed by atoms with Crippen molar-refractivity contribution < 1.29 is 4.74 Å². The Morgan fingerprint density at radius 3 is 3.12 bits per heavy atom. The lowest BCUT2D eigenvalue weighted by atomic mass is 10.1. The Hall–Kier alpha value is -1.29. The summed E-state index contributed by atoms with van der Waals surface area (Å²) in [5, 5.41) is 3.28. The van der Waals surface area contributed by atoms with Gasteiger partial charge < -0.3 is 15.8 Å². The van der Waals surface area contributed by atoms with Crippen molar-refractivity contribution in [3.05, 3.63) is 17.8 Å². The van der Waals surface area contributed by atoms with Gasteiger partial charge in [0.15, 0.2) is 0 Å². The van der Waals surface area contributed by atoms with Gasteiger partial charge in [-0.1, -0.05) is 0 Å². The van der Waals surface area contributed by atoms with Crippen LogP contribution in [0.5, 0.6) is 0 Å². The molecule has 1 atom stereocenters. The maximum Gasteiger partial charge on any atom is 0.149 e. The van der Waals surface area contributed by atoms with E-state index in [4.69, 9.17) is 10.5 Å². The highest BCUT2D eigenvalue weighted by Crippen LogP contribution is 2.18. The van der Waals surface area contributed by atoms with Crippen LogP contribution in [-0.2, 0) is 4.74 Å². The van der Waals surface area contributed by atoms with E-state index in [9.17, 15) is 0 Å². The van der Waals surface area contributed by atoms with Gasteiger partial charge in [-0.25, -0.2) is 4.98 Å². The molecule has 0 spiro atoms. The first-order chi connectivity index (χ1) is 8.25. The van der Waals surface area contributed by atoms with E-state index >= 15 is 0 Å². The molecule has 0 aliphatic carbocycles. The van der Waals surface area contributed by atoms with E-state index in [1.54, 1.807) is 0 Å². The largest absolute Gasteiger partial charge is 0.396 e. The average molecular weight is 235 g/mol. The number of hydrogen-bond donors (Lipinski definition) is 2. The molecule has 4 heteroatoms. The molecule has 0 amide bonds. The van der Waals surface area contributed by atoms with Crippen molar-refractivity contribution in [2.45, 2.75) is 38.7 Å². The highest BCUT2D eigenvalue weighted by atomic mass is 16.5. The Morgan fingerprint density at radius 2 is 2.35 bits per heavy atom. The molecular formula is C13H21N3O. The Labute approximate surface area is 103 Å². The Bertz CT molecular complexity index is 362. The standard InChI is InChI=1S/C13H21N3O/c1-10-5-6-12(14)13(16-10)15-8-7-11-4-2-3-9-17-11/h5-6,11H,2-4,7-9,14H2,1H3,(H,15,16). The van der Waals surface area contributed by atoms with Crippen molar-refractivity contribution in [2.75, 3.05) is 24.2 Å². The van der Waals surface area contributed by atoms with E-state index in [0.29, 0.717) is 11.8 Å². The normalized spacial score (nSPS) is 20.2. The fourth-order valence-corrected chi connectivity index (χ4v) is 2.10. The lowest BCUT2D eigenvalue weighted by Gasteiger charge is -2.22. The smallest absolute Gasteiger partial charge is 0.149 e. The molecule has 1 fully saturated rings. The van der Waals surface area contributed by atoms with Gasteiger partial charge in [0.25, 0.3) is 0 Å². The summed E-state index contributed by atoms with van der Waals surface area (Å²) in [4.78, 5) is 4.38. The minimum absolute atomic E-state index is 0.405. The Balaban J connectivity index is 1.79. The highest BCUT2D eigenvalue weighted by molar-refractivity contribution is 5.61. The third-order valence-electron chi connectivity index (χ3n) is 3.10. The topological polar surface area (TPSA) is 60.2 Å². The maximum absolute atomic E-state index is 5.85. The van der Waals surface area contributed by atoms with E-state index in [1.807, 2.05) is 19.1 Å². The first kappa shape index (κ1) is 12.2. The number of nitrogens with two attached hydrogens (primary N) is 1. The summed E-state index contributed by atoms with van der Waals surface area (Å²) in [6.07, 6.45) is 5.10. The fraction of sp³-hybridized carbons (Fsp3) is 0.615. The molecule has 2 rings (SSSR count). The van der Waals surface area contributed by atoms with Crippen LogP contribution in [0.4, 0.5) is 11.5 Å². The number of nitrogens with zero attached hydrogens (tertiary/aromatic N) is 1. The molecule has 17 heavy (non-hydrogen) atoms. The third-order valence-corrected chi connectivity index (χ3v) is 3.10. The molecule has 1 aliphatic rings. The number of nitrogen functional groups attached to an aromatic ring is 1. The zero-order valence-electron chi connectivity index (χ0n) is 10.4. The Morgan fingerprint density at radius 1 is 1.47 bits per heavy atom. The van der Waals surface area contributed by atoms with E-state index in [1.165, 1.54) is 19.3 Å². The molecule has 0 saturated carbocycles. The minimum Gasteiger partial charge on any atom is -0.396 e. The van der Waals surface area contributed by atoms with Crippen LogP contribution in [0.15, 0.2) is 12.1 Å². The maximum atomic E-state index is 5.85. The van der Waals surface area contributed by atoms with Crippen LogP contribution >= 0.6 is 0 Å². The van der Waals surface area contributed by atoms with E-state index in [2.05, 4.69) is 10.3 Å². The molecule has 0 radical (unpaired) electrons. The number of pyridine rings is 1. The van der Waals surface area contributed by atoms with Crippen LogP contribution in [-0.4, -0.2) is 24.2 Å². The fourth-order valence-electron chi connectivity index (χ4n) is 2.10. The van der Waals surface area contributed by atoms with Gasteiger partial charge in [-0.2, -0.15) is 0 Å². The van der Waals surface area contributed by atoms with Gasteiger partial charge in [0.2, 0.25) is 0 Å². The zero-order valence-corrected chi connectivity index (χ0v) is 10.4. The van der Waals surface area contributed by atoms with Crippen LogP contribution in [0, 0.1) is 6.92 Å². The monoisotopic (exact) mass is 235 g/mol. The number of anilines is 2. The van der Waals surface area contributed by atoms with Gasteiger partial charge in [-0.3, -0.25) is 0 Å². The molecule has 0 bridgehead atoms. The zero-order chi connectivity index (χ0) is 12.1. The van der Waals surface area contributed by atoms with Gasteiger partial charge >= 0.3 is 0 Å². The molecule has 1 aliphatic heterocycles. The van der Waals surface area contributed by atoms with Gasteiger partial charge in [-0.05, 0) is 44.7 Å². The number of ether oxygens (including phenoxy) is 1. The number of rotatable bonds is 4.